The molecule has 0 spiro atoms. The lowest BCUT2D eigenvalue weighted by Crippen LogP contribution is -2.17. The fourth-order valence-corrected chi connectivity index (χ4v) is 2.13. The van der Waals surface area contributed by atoms with Crippen LogP contribution in [0.3, 0.4) is 0 Å². The maximum atomic E-state index is 12.7. The van der Waals surface area contributed by atoms with E-state index in [9.17, 15) is 13.2 Å². The summed E-state index contributed by atoms with van der Waals surface area (Å²) >= 11 is 1.71. The van der Waals surface area contributed by atoms with Gasteiger partial charge in [0.25, 0.3) is 0 Å². The maximum Gasteiger partial charge on any atom is 0.418 e. The monoisotopic (exact) mass is 278 g/mol. The summed E-state index contributed by atoms with van der Waals surface area (Å²) in [5.74, 6) is 0.968. The Morgan fingerprint density at radius 3 is 2.61 bits per heavy atom. The molecule has 0 aromatic heterocycles. The van der Waals surface area contributed by atoms with Crippen LogP contribution in [0.1, 0.15) is 18.9 Å². The number of anilines is 2. The summed E-state index contributed by atoms with van der Waals surface area (Å²) in [6.07, 6.45) is -1.52. The Hall–Kier alpha value is -1.04. The standard InChI is InChI=1S/C12H17F3N2S/c1-8(5-6-18-2)17-9-3-4-11(16)10(7-9)12(13,14)15/h3-4,7-8,17H,5-6,16H2,1-2H3. The topological polar surface area (TPSA) is 38.0 Å². The number of hydrogen-bond donors (Lipinski definition) is 2. The number of alkyl halides is 3. The SMILES string of the molecule is CSCCC(C)Nc1ccc(N)c(C(F)(F)F)c1. The molecule has 3 N–H and O–H groups in total. The largest absolute Gasteiger partial charge is 0.418 e. The maximum absolute atomic E-state index is 12.7. The average molecular weight is 278 g/mol. The fourth-order valence-electron chi connectivity index (χ4n) is 1.54. The van der Waals surface area contributed by atoms with Gasteiger partial charge in [0.2, 0.25) is 0 Å². The molecule has 0 aliphatic carbocycles. The Morgan fingerprint density at radius 2 is 2.06 bits per heavy atom. The van der Waals surface area contributed by atoms with Crippen LogP contribution >= 0.6 is 11.8 Å². The molecule has 1 atom stereocenters. The molecule has 0 bridgehead atoms. The number of halogens is 3. The summed E-state index contributed by atoms with van der Waals surface area (Å²) in [5, 5.41) is 3.05. The van der Waals surface area contributed by atoms with Gasteiger partial charge in [0.1, 0.15) is 0 Å². The minimum atomic E-state index is -4.41. The summed E-state index contributed by atoms with van der Waals surface area (Å²) in [4.78, 5) is 0. The van der Waals surface area contributed by atoms with Crippen molar-refractivity contribution >= 4 is 23.1 Å². The first-order valence-electron chi connectivity index (χ1n) is 5.56. The summed E-state index contributed by atoms with van der Waals surface area (Å²) < 4.78 is 38.0. The number of rotatable bonds is 5. The van der Waals surface area contributed by atoms with Gasteiger partial charge < -0.3 is 11.1 Å². The number of hydrogen-bond acceptors (Lipinski definition) is 3. The lowest BCUT2D eigenvalue weighted by Gasteiger charge is -2.17. The van der Waals surface area contributed by atoms with Crippen LogP contribution < -0.4 is 11.1 Å². The highest BCUT2D eigenvalue weighted by Gasteiger charge is 2.33. The van der Waals surface area contributed by atoms with Crippen molar-refractivity contribution < 1.29 is 13.2 Å². The molecular weight excluding hydrogens is 261 g/mol. The van der Waals surface area contributed by atoms with Crippen LogP contribution in [0.15, 0.2) is 18.2 Å². The van der Waals surface area contributed by atoms with Gasteiger partial charge in [-0.05, 0) is 43.6 Å². The Kier molecular flexibility index (Phi) is 5.19. The van der Waals surface area contributed by atoms with Gasteiger partial charge in [0.05, 0.1) is 5.56 Å². The lowest BCUT2D eigenvalue weighted by molar-refractivity contribution is -0.136. The van der Waals surface area contributed by atoms with Gasteiger partial charge in [-0.25, -0.2) is 0 Å². The molecule has 0 aliphatic rings. The first-order valence-corrected chi connectivity index (χ1v) is 6.96. The Morgan fingerprint density at radius 1 is 1.39 bits per heavy atom. The Balaban J connectivity index is 2.79. The van der Waals surface area contributed by atoms with Crippen LogP contribution in [0.25, 0.3) is 0 Å². The molecule has 18 heavy (non-hydrogen) atoms. The highest BCUT2D eigenvalue weighted by molar-refractivity contribution is 7.98. The van der Waals surface area contributed by atoms with E-state index in [1.165, 1.54) is 6.07 Å². The molecule has 6 heteroatoms. The highest BCUT2D eigenvalue weighted by atomic mass is 32.2. The second-order valence-electron chi connectivity index (χ2n) is 4.13. The number of thioether (sulfide) groups is 1. The van der Waals surface area contributed by atoms with Crippen LogP contribution in [0.2, 0.25) is 0 Å². The van der Waals surface area contributed by atoms with Crippen molar-refractivity contribution in [1.82, 2.24) is 0 Å². The van der Waals surface area contributed by atoms with E-state index in [4.69, 9.17) is 5.73 Å². The van der Waals surface area contributed by atoms with Gasteiger partial charge in [-0.15, -0.1) is 0 Å². The number of benzene rings is 1. The molecular formula is C12H17F3N2S. The number of nitrogen functional groups attached to an aromatic ring is 1. The van der Waals surface area contributed by atoms with Crippen molar-refractivity contribution in [3.63, 3.8) is 0 Å². The van der Waals surface area contributed by atoms with Gasteiger partial charge >= 0.3 is 6.18 Å². The quantitative estimate of drug-likeness (QED) is 0.804. The van der Waals surface area contributed by atoms with E-state index in [0.29, 0.717) is 5.69 Å². The summed E-state index contributed by atoms with van der Waals surface area (Å²) in [7, 11) is 0. The molecule has 1 aromatic rings. The third kappa shape index (κ3) is 4.33. The third-order valence-corrected chi connectivity index (χ3v) is 3.17. The minimum absolute atomic E-state index is 0.127. The van der Waals surface area contributed by atoms with Crippen molar-refractivity contribution in [2.24, 2.45) is 0 Å². The fraction of sp³-hybridized carbons (Fsp3) is 0.500. The summed E-state index contributed by atoms with van der Waals surface area (Å²) in [6.45, 7) is 1.94. The minimum Gasteiger partial charge on any atom is -0.398 e. The zero-order valence-electron chi connectivity index (χ0n) is 10.3. The summed E-state index contributed by atoms with van der Waals surface area (Å²) in [6, 6.07) is 4.04. The first-order chi connectivity index (χ1) is 8.34. The Bertz CT molecular complexity index is 393. The molecule has 0 amide bonds. The van der Waals surface area contributed by atoms with Gasteiger partial charge in [-0.3, -0.25) is 0 Å². The van der Waals surface area contributed by atoms with E-state index in [-0.39, 0.29) is 11.7 Å². The molecule has 0 aliphatic heterocycles. The predicted molar refractivity (Wildman–Crippen MR) is 71.9 cm³/mol. The second kappa shape index (κ2) is 6.22. The molecule has 0 fully saturated rings. The number of nitrogens with one attached hydrogen (secondary N) is 1. The van der Waals surface area contributed by atoms with Crippen LogP contribution in [-0.2, 0) is 6.18 Å². The van der Waals surface area contributed by atoms with E-state index in [0.717, 1.165) is 18.2 Å². The van der Waals surface area contributed by atoms with E-state index in [1.807, 2.05) is 13.2 Å². The van der Waals surface area contributed by atoms with Crippen molar-refractivity contribution in [2.45, 2.75) is 25.6 Å². The molecule has 102 valence electrons. The molecule has 0 radical (unpaired) electrons. The van der Waals surface area contributed by atoms with E-state index >= 15 is 0 Å². The average Bonchev–Trinajstić information content (AvgIpc) is 2.27. The zero-order chi connectivity index (χ0) is 13.8. The van der Waals surface area contributed by atoms with Crippen molar-refractivity contribution in [2.75, 3.05) is 23.1 Å². The van der Waals surface area contributed by atoms with Gasteiger partial charge in [0, 0.05) is 17.4 Å². The van der Waals surface area contributed by atoms with E-state index < -0.39 is 11.7 Å². The van der Waals surface area contributed by atoms with E-state index in [1.54, 1.807) is 17.8 Å². The zero-order valence-corrected chi connectivity index (χ0v) is 11.2. The molecule has 2 nitrogen and oxygen atoms in total. The van der Waals surface area contributed by atoms with Crippen molar-refractivity contribution in [3.05, 3.63) is 23.8 Å². The predicted octanol–water partition coefficient (Wildman–Crippen LogP) is 3.84. The van der Waals surface area contributed by atoms with Crippen LogP contribution in [0.5, 0.6) is 0 Å². The third-order valence-electron chi connectivity index (χ3n) is 2.53. The van der Waals surface area contributed by atoms with Gasteiger partial charge in [-0.1, -0.05) is 0 Å². The smallest absolute Gasteiger partial charge is 0.398 e. The molecule has 0 saturated carbocycles. The molecule has 0 saturated heterocycles. The summed E-state index contributed by atoms with van der Waals surface area (Å²) in [5.41, 5.74) is 4.75. The highest BCUT2D eigenvalue weighted by Crippen LogP contribution is 2.35. The van der Waals surface area contributed by atoms with E-state index in [2.05, 4.69) is 5.32 Å². The normalized spacial score (nSPS) is 13.4. The van der Waals surface area contributed by atoms with Gasteiger partial charge in [-0.2, -0.15) is 24.9 Å². The molecule has 1 rings (SSSR count). The second-order valence-corrected chi connectivity index (χ2v) is 5.11. The molecule has 0 heterocycles. The Labute approximate surface area is 109 Å². The first kappa shape index (κ1) is 15.0. The van der Waals surface area contributed by atoms with Gasteiger partial charge in [0.15, 0.2) is 0 Å². The molecule has 1 aromatic carbocycles. The number of nitrogens with two attached hydrogens (primary N) is 1. The van der Waals surface area contributed by atoms with Crippen LogP contribution in [-0.4, -0.2) is 18.1 Å². The van der Waals surface area contributed by atoms with Crippen LogP contribution in [0.4, 0.5) is 24.5 Å². The molecule has 1 unspecified atom stereocenters. The lowest BCUT2D eigenvalue weighted by atomic mass is 10.1. The van der Waals surface area contributed by atoms with Crippen molar-refractivity contribution in [3.8, 4) is 0 Å². The van der Waals surface area contributed by atoms with Crippen molar-refractivity contribution in [1.29, 1.82) is 0 Å². The van der Waals surface area contributed by atoms with Crippen LogP contribution in [0, 0.1) is 0 Å².